The standard InChI is InChI=1S/C15H14F2N2O2S/c1-2-19(8-9-10(16)4-3-5-11(9)17)15(21)13-7-6-12(22-13)14(18)20/h3-7H,2,8H2,1H3,(H2,18,20). The minimum Gasteiger partial charge on any atom is -0.365 e. The summed E-state index contributed by atoms with van der Waals surface area (Å²) in [5.74, 6) is -2.42. The van der Waals surface area contributed by atoms with E-state index in [1.54, 1.807) is 6.92 Å². The molecule has 0 bridgehead atoms. The van der Waals surface area contributed by atoms with Crippen LogP contribution in [0.2, 0.25) is 0 Å². The summed E-state index contributed by atoms with van der Waals surface area (Å²) in [7, 11) is 0. The van der Waals surface area contributed by atoms with E-state index in [9.17, 15) is 18.4 Å². The number of amides is 2. The van der Waals surface area contributed by atoms with Gasteiger partial charge >= 0.3 is 0 Å². The third-order valence-electron chi connectivity index (χ3n) is 3.14. The number of primary amides is 1. The molecule has 1 aromatic carbocycles. The molecule has 1 heterocycles. The highest BCUT2D eigenvalue weighted by atomic mass is 32.1. The van der Waals surface area contributed by atoms with Crippen LogP contribution in [0.5, 0.6) is 0 Å². The largest absolute Gasteiger partial charge is 0.365 e. The van der Waals surface area contributed by atoms with Gasteiger partial charge in [-0.1, -0.05) is 6.07 Å². The van der Waals surface area contributed by atoms with Gasteiger partial charge in [0.15, 0.2) is 0 Å². The fraction of sp³-hybridized carbons (Fsp3) is 0.200. The van der Waals surface area contributed by atoms with Gasteiger partial charge in [0.25, 0.3) is 11.8 Å². The number of nitrogens with zero attached hydrogens (tertiary/aromatic N) is 1. The quantitative estimate of drug-likeness (QED) is 0.919. The van der Waals surface area contributed by atoms with E-state index in [1.165, 1.54) is 23.1 Å². The molecule has 4 nitrogen and oxygen atoms in total. The fourth-order valence-electron chi connectivity index (χ4n) is 1.94. The van der Waals surface area contributed by atoms with Crippen LogP contribution in [0, 0.1) is 11.6 Å². The van der Waals surface area contributed by atoms with Crippen LogP contribution in [0.3, 0.4) is 0 Å². The molecule has 0 fully saturated rings. The average molecular weight is 324 g/mol. The molecule has 0 saturated heterocycles. The monoisotopic (exact) mass is 324 g/mol. The first-order valence-electron chi connectivity index (χ1n) is 6.55. The van der Waals surface area contributed by atoms with E-state index in [4.69, 9.17) is 5.73 Å². The molecule has 2 aromatic rings. The minimum absolute atomic E-state index is 0.163. The Balaban J connectivity index is 2.24. The lowest BCUT2D eigenvalue weighted by Gasteiger charge is -2.20. The van der Waals surface area contributed by atoms with Gasteiger partial charge in [0.2, 0.25) is 0 Å². The van der Waals surface area contributed by atoms with Gasteiger partial charge < -0.3 is 10.6 Å². The number of hydrogen-bond donors (Lipinski definition) is 1. The Kier molecular flexibility index (Phi) is 4.87. The van der Waals surface area contributed by atoms with Gasteiger partial charge in [-0.05, 0) is 31.2 Å². The highest BCUT2D eigenvalue weighted by Gasteiger charge is 2.20. The first-order valence-corrected chi connectivity index (χ1v) is 7.37. The molecule has 0 saturated carbocycles. The lowest BCUT2D eigenvalue weighted by atomic mass is 10.2. The molecule has 1 aromatic heterocycles. The van der Waals surface area contributed by atoms with E-state index in [1.807, 2.05) is 0 Å². The second-order valence-electron chi connectivity index (χ2n) is 4.55. The van der Waals surface area contributed by atoms with Gasteiger partial charge in [-0.3, -0.25) is 9.59 Å². The van der Waals surface area contributed by atoms with Crippen molar-refractivity contribution < 1.29 is 18.4 Å². The van der Waals surface area contributed by atoms with Crippen molar-refractivity contribution in [2.45, 2.75) is 13.5 Å². The van der Waals surface area contributed by atoms with Crippen LogP contribution in [0.4, 0.5) is 8.78 Å². The number of thiophene rings is 1. The SMILES string of the molecule is CCN(Cc1c(F)cccc1F)C(=O)c1ccc(C(N)=O)s1. The average Bonchev–Trinajstić information content (AvgIpc) is 2.96. The molecule has 0 aliphatic rings. The molecule has 2 amide bonds. The van der Waals surface area contributed by atoms with Crippen LogP contribution >= 0.6 is 11.3 Å². The second-order valence-corrected chi connectivity index (χ2v) is 5.63. The van der Waals surface area contributed by atoms with Crippen molar-refractivity contribution >= 4 is 23.2 Å². The first-order chi connectivity index (χ1) is 10.4. The highest BCUT2D eigenvalue weighted by molar-refractivity contribution is 7.15. The molecule has 0 atom stereocenters. The Morgan fingerprint density at radius 1 is 1.14 bits per heavy atom. The van der Waals surface area contributed by atoms with Crippen molar-refractivity contribution in [2.75, 3.05) is 6.54 Å². The van der Waals surface area contributed by atoms with Crippen molar-refractivity contribution in [3.63, 3.8) is 0 Å². The summed E-state index contributed by atoms with van der Waals surface area (Å²) in [6.07, 6.45) is 0. The number of rotatable bonds is 5. The Morgan fingerprint density at radius 3 is 2.23 bits per heavy atom. The van der Waals surface area contributed by atoms with E-state index in [-0.39, 0.29) is 23.5 Å². The molecule has 0 spiro atoms. The molecular formula is C15H14F2N2O2S. The van der Waals surface area contributed by atoms with Crippen molar-refractivity contribution in [1.82, 2.24) is 4.90 Å². The number of hydrogen-bond acceptors (Lipinski definition) is 3. The summed E-state index contributed by atoms with van der Waals surface area (Å²) in [6.45, 7) is 1.80. The number of nitrogens with two attached hydrogens (primary N) is 1. The summed E-state index contributed by atoms with van der Waals surface area (Å²) in [5.41, 5.74) is 4.98. The predicted molar refractivity (Wildman–Crippen MR) is 79.6 cm³/mol. The van der Waals surface area contributed by atoms with Crippen molar-refractivity contribution in [2.24, 2.45) is 5.73 Å². The maximum absolute atomic E-state index is 13.7. The summed E-state index contributed by atoms with van der Waals surface area (Å²) in [6, 6.07) is 6.50. The van der Waals surface area contributed by atoms with Crippen molar-refractivity contribution in [3.8, 4) is 0 Å². The van der Waals surface area contributed by atoms with Crippen molar-refractivity contribution in [3.05, 3.63) is 57.3 Å². The minimum atomic E-state index is -0.699. The van der Waals surface area contributed by atoms with Crippen LogP contribution in [0.25, 0.3) is 0 Å². The summed E-state index contributed by atoms with van der Waals surface area (Å²) >= 11 is 0.958. The predicted octanol–water partition coefficient (Wildman–Crippen LogP) is 2.79. The summed E-state index contributed by atoms with van der Waals surface area (Å²) in [5, 5.41) is 0. The zero-order valence-corrected chi connectivity index (χ0v) is 12.6. The summed E-state index contributed by atoms with van der Waals surface area (Å²) in [4.78, 5) is 25.3. The highest BCUT2D eigenvalue weighted by Crippen LogP contribution is 2.20. The normalized spacial score (nSPS) is 10.5. The maximum atomic E-state index is 13.7. The topological polar surface area (TPSA) is 63.4 Å². The first kappa shape index (κ1) is 16.1. The van der Waals surface area contributed by atoms with Crippen LogP contribution < -0.4 is 5.73 Å². The van der Waals surface area contributed by atoms with Crippen LogP contribution in [-0.4, -0.2) is 23.3 Å². The van der Waals surface area contributed by atoms with E-state index >= 15 is 0 Å². The maximum Gasteiger partial charge on any atom is 0.264 e. The number of carbonyl (C=O) groups excluding carboxylic acids is 2. The lowest BCUT2D eigenvalue weighted by molar-refractivity contribution is 0.0754. The van der Waals surface area contributed by atoms with Gasteiger partial charge in [0.05, 0.1) is 16.3 Å². The molecule has 2 rings (SSSR count). The number of halogens is 2. The van der Waals surface area contributed by atoms with E-state index in [0.717, 1.165) is 23.5 Å². The number of carbonyl (C=O) groups is 2. The second kappa shape index (κ2) is 6.65. The van der Waals surface area contributed by atoms with Gasteiger partial charge in [0.1, 0.15) is 11.6 Å². The molecular weight excluding hydrogens is 310 g/mol. The lowest BCUT2D eigenvalue weighted by Crippen LogP contribution is -2.30. The number of benzene rings is 1. The Morgan fingerprint density at radius 2 is 1.73 bits per heavy atom. The Bertz CT molecular complexity index is 695. The van der Waals surface area contributed by atoms with Crippen LogP contribution in [-0.2, 0) is 6.54 Å². The molecule has 7 heteroatoms. The molecule has 0 radical (unpaired) electrons. The molecule has 2 N–H and O–H groups in total. The third kappa shape index (κ3) is 3.30. The zero-order chi connectivity index (χ0) is 16.3. The van der Waals surface area contributed by atoms with Crippen molar-refractivity contribution in [1.29, 1.82) is 0 Å². The van der Waals surface area contributed by atoms with E-state index in [0.29, 0.717) is 4.88 Å². The van der Waals surface area contributed by atoms with Crippen LogP contribution in [0.15, 0.2) is 30.3 Å². The van der Waals surface area contributed by atoms with E-state index < -0.39 is 23.4 Å². The molecule has 116 valence electrons. The summed E-state index contributed by atoms with van der Waals surface area (Å²) < 4.78 is 27.4. The molecule has 0 aliphatic carbocycles. The van der Waals surface area contributed by atoms with Gasteiger partial charge in [-0.2, -0.15) is 0 Å². The molecule has 22 heavy (non-hydrogen) atoms. The fourth-order valence-corrected chi connectivity index (χ4v) is 2.77. The van der Waals surface area contributed by atoms with Gasteiger partial charge in [-0.25, -0.2) is 8.78 Å². The smallest absolute Gasteiger partial charge is 0.264 e. The Labute approximate surface area is 130 Å². The van der Waals surface area contributed by atoms with Crippen LogP contribution in [0.1, 0.15) is 31.8 Å². The molecule has 0 aliphatic heterocycles. The zero-order valence-electron chi connectivity index (χ0n) is 11.8. The van der Waals surface area contributed by atoms with Gasteiger partial charge in [-0.15, -0.1) is 11.3 Å². The Hall–Kier alpha value is -2.28. The third-order valence-corrected chi connectivity index (χ3v) is 4.23. The van der Waals surface area contributed by atoms with Gasteiger partial charge in [0, 0.05) is 12.1 Å². The van der Waals surface area contributed by atoms with E-state index in [2.05, 4.69) is 0 Å². The molecule has 0 unspecified atom stereocenters.